The van der Waals surface area contributed by atoms with Crippen molar-refractivity contribution in [3.8, 4) is 0 Å². The monoisotopic (exact) mass is 1220 g/mol. The van der Waals surface area contributed by atoms with Gasteiger partial charge in [-0.1, -0.05) is 285 Å². The van der Waals surface area contributed by atoms with E-state index in [9.17, 15) is 19.0 Å². The number of phosphoric acid groups is 1. The molecule has 0 radical (unpaired) electrons. The number of phosphoric ester groups is 1. The lowest BCUT2D eigenvalue weighted by Gasteiger charge is -2.19. The van der Waals surface area contributed by atoms with E-state index in [0.29, 0.717) is 12.8 Å². The van der Waals surface area contributed by atoms with Crippen LogP contribution in [0.2, 0.25) is 0 Å². The fraction of sp³-hybridized carbons (Fsp3) is 0.558. The molecule has 0 aliphatic rings. The number of carbonyl (C=O) groups is 2. The van der Waals surface area contributed by atoms with Crippen molar-refractivity contribution in [1.29, 1.82) is 0 Å². The molecule has 87 heavy (non-hydrogen) atoms. The summed E-state index contributed by atoms with van der Waals surface area (Å²) in [5.41, 5.74) is 5.39. The van der Waals surface area contributed by atoms with Crippen molar-refractivity contribution in [3.63, 3.8) is 0 Å². The van der Waals surface area contributed by atoms with E-state index >= 15 is 0 Å². The van der Waals surface area contributed by atoms with Gasteiger partial charge in [0, 0.05) is 19.4 Å². The highest BCUT2D eigenvalue weighted by Gasteiger charge is 2.26. The van der Waals surface area contributed by atoms with Crippen molar-refractivity contribution < 1.29 is 37.6 Å². The Labute approximate surface area is 532 Å². The molecule has 0 aromatic heterocycles. The van der Waals surface area contributed by atoms with Crippen LogP contribution in [0.3, 0.4) is 0 Å². The molecule has 0 bridgehead atoms. The lowest BCUT2D eigenvalue weighted by Crippen LogP contribution is -2.29. The molecule has 10 heteroatoms. The first-order valence-corrected chi connectivity index (χ1v) is 35.4. The fourth-order valence-electron chi connectivity index (χ4n) is 8.55. The van der Waals surface area contributed by atoms with Gasteiger partial charge in [-0.15, -0.1) is 0 Å². The zero-order valence-corrected chi connectivity index (χ0v) is 55.6. The molecule has 2 atom stereocenters. The second-order valence-corrected chi connectivity index (χ2v) is 23.0. The highest BCUT2D eigenvalue weighted by atomic mass is 31.2. The summed E-state index contributed by atoms with van der Waals surface area (Å²) in [7, 11) is -4.41. The van der Waals surface area contributed by atoms with Gasteiger partial charge in [0.1, 0.15) is 6.61 Å². The number of hydrogen-bond donors (Lipinski definition) is 2. The van der Waals surface area contributed by atoms with Gasteiger partial charge in [0.2, 0.25) is 0 Å². The topological polar surface area (TPSA) is 134 Å². The van der Waals surface area contributed by atoms with E-state index in [-0.39, 0.29) is 32.6 Å². The zero-order chi connectivity index (χ0) is 63.0. The third-order valence-electron chi connectivity index (χ3n) is 13.5. The van der Waals surface area contributed by atoms with Crippen LogP contribution in [-0.2, 0) is 32.7 Å². The molecule has 0 aromatic rings. The zero-order valence-electron chi connectivity index (χ0n) is 54.7. The molecule has 3 N–H and O–H groups in total. The van der Waals surface area contributed by atoms with Crippen LogP contribution in [0.5, 0.6) is 0 Å². The number of esters is 2. The normalized spacial score (nSPS) is 14.2. The second kappa shape index (κ2) is 69.9. The van der Waals surface area contributed by atoms with Gasteiger partial charge >= 0.3 is 19.8 Å². The summed E-state index contributed by atoms with van der Waals surface area (Å²) in [5, 5.41) is 0. The van der Waals surface area contributed by atoms with Gasteiger partial charge in [0.25, 0.3) is 0 Å². The largest absolute Gasteiger partial charge is 0.472 e. The molecule has 0 amide bonds. The van der Waals surface area contributed by atoms with Crippen LogP contribution in [0, 0.1) is 0 Å². The molecule has 0 saturated heterocycles. The van der Waals surface area contributed by atoms with E-state index in [1.165, 1.54) is 64.2 Å². The first-order valence-electron chi connectivity index (χ1n) is 33.9. The van der Waals surface area contributed by atoms with Crippen LogP contribution in [0.4, 0.5) is 0 Å². The average Bonchev–Trinajstić information content (AvgIpc) is 3.65. The van der Waals surface area contributed by atoms with Gasteiger partial charge in [-0.3, -0.25) is 18.6 Å². The summed E-state index contributed by atoms with van der Waals surface area (Å²) in [6, 6.07) is 0. The van der Waals surface area contributed by atoms with Gasteiger partial charge in [-0.05, 0) is 141 Å². The molecule has 0 spiro atoms. The van der Waals surface area contributed by atoms with E-state index in [2.05, 4.69) is 208 Å². The predicted octanol–water partition coefficient (Wildman–Crippen LogP) is 22.5. The third-order valence-corrected chi connectivity index (χ3v) is 14.5. The Morgan fingerprint density at radius 3 is 0.897 bits per heavy atom. The fourth-order valence-corrected chi connectivity index (χ4v) is 9.31. The van der Waals surface area contributed by atoms with Crippen LogP contribution in [0.15, 0.2) is 194 Å². The Morgan fingerprint density at radius 1 is 0.345 bits per heavy atom. The highest BCUT2D eigenvalue weighted by molar-refractivity contribution is 7.47. The molecule has 9 nitrogen and oxygen atoms in total. The first kappa shape index (κ1) is 81.8. The molecular formula is C77H122NO8P. The molecule has 0 aromatic carbocycles. The van der Waals surface area contributed by atoms with Crippen LogP contribution in [-0.4, -0.2) is 49.3 Å². The van der Waals surface area contributed by atoms with Crippen molar-refractivity contribution in [2.45, 2.75) is 251 Å². The Bertz CT molecular complexity index is 2130. The minimum Gasteiger partial charge on any atom is -0.462 e. The molecular weight excluding hydrogens is 1100 g/mol. The van der Waals surface area contributed by atoms with Crippen molar-refractivity contribution in [2.24, 2.45) is 5.73 Å². The number of carbonyl (C=O) groups excluding carboxylic acids is 2. The minimum atomic E-state index is -4.41. The molecule has 0 fully saturated rings. The Kier molecular flexibility index (Phi) is 65.8. The number of unbranched alkanes of at least 4 members (excludes halogenated alkanes) is 16. The Balaban J connectivity index is 4.00. The summed E-state index contributed by atoms with van der Waals surface area (Å²) in [5.74, 6) is -0.879. The highest BCUT2D eigenvalue weighted by Crippen LogP contribution is 2.43. The van der Waals surface area contributed by atoms with Crippen molar-refractivity contribution in [1.82, 2.24) is 0 Å². The molecule has 0 aliphatic heterocycles. The smallest absolute Gasteiger partial charge is 0.462 e. The minimum absolute atomic E-state index is 0.0387. The quantitative estimate of drug-likeness (QED) is 0.0264. The molecule has 2 unspecified atom stereocenters. The summed E-state index contributed by atoms with van der Waals surface area (Å²) in [6.45, 7) is 3.46. The van der Waals surface area contributed by atoms with Crippen molar-refractivity contribution in [3.05, 3.63) is 194 Å². The van der Waals surface area contributed by atoms with E-state index in [1.807, 2.05) is 0 Å². The molecule has 0 aliphatic carbocycles. The predicted molar refractivity (Wildman–Crippen MR) is 375 cm³/mol. The van der Waals surface area contributed by atoms with Gasteiger partial charge < -0.3 is 20.1 Å². The van der Waals surface area contributed by atoms with E-state index in [0.717, 1.165) is 141 Å². The molecule has 0 heterocycles. The van der Waals surface area contributed by atoms with Crippen LogP contribution in [0.25, 0.3) is 0 Å². The van der Waals surface area contributed by atoms with Crippen molar-refractivity contribution >= 4 is 19.8 Å². The average molecular weight is 1220 g/mol. The Hall–Kier alpha value is -5.15. The summed E-state index contributed by atoms with van der Waals surface area (Å²) < 4.78 is 33.1. The van der Waals surface area contributed by atoms with Crippen LogP contribution >= 0.6 is 7.82 Å². The number of ether oxygens (including phenoxy) is 2. The maximum absolute atomic E-state index is 12.8. The number of hydrogen-bond acceptors (Lipinski definition) is 8. The summed E-state index contributed by atoms with van der Waals surface area (Å²) >= 11 is 0. The lowest BCUT2D eigenvalue weighted by atomic mass is 10.0. The van der Waals surface area contributed by atoms with Gasteiger partial charge in [-0.25, -0.2) is 4.57 Å². The van der Waals surface area contributed by atoms with Crippen molar-refractivity contribution in [2.75, 3.05) is 26.4 Å². The van der Waals surface area contributed by atoms with Gasteiger partial charge in [-0.2, -0.15) is 0 Å². The molecule has 0 rings (SSSR count). The first-order chi connectivity index (χ1) is 42.8. The standard InChI is InChI=1S/C77H122NO8P/c1-3-5-7-9-11-13-15-17-19-21-23-25-27-29-30-31-32-33-34-35-36-37-38-39-40-41-42-43-44-46-48-50-52-54-56-58-60-62-64-66-68-70-77(80)86-75(74-85-87(81,82)84-72-71-78)73-83-76(79)69-67-65-63-61-59-57-55-53-51-49-47-45-28-26-24-22-20-18-16-14-12-10-8-6-4-2/h5-8,11-14,17-20,23-26,29-30,32-33,35-36,38-39,41-42,45,47,51,53,57,59,75H,3-4,9-10,15-16,21-22,27-28,31,34,37,40,43-44,46,48-50,52,54-56,58,60-74,78H2,1-2H3,(H,81,82)/b7-5-,8-6-,13-11-,14-12-,19-17-,20-18-,25-23-,26-24-,30-29-,33-32-,36-35-,39-38-,42-41-,47-45-,53-51-,59-57-. The number of nitrogens with two attached hydrogens (primary N) is 1. The summed E-state index contributed by atoms with van der Waals surface area (Å²) in [6.07, 6.45) is 107. The Morgan fingerprint density at radius 2 is 0.598 bits per heavy atom. The number of rotatable bonds is 61. The molecule has 488 valence electrons. The molecule has 0 saturated carbocycles. The van der Waals surface area contributed by atoms with E-state index in [4.69, 9.17) is 24.3 Å². The maximum atomic E-state index is 12.8. The van der Waals surface area contributed by atoms with E-state index in [1.54, 1.807) is 0 Å². The number of allylic oxidation sites excluding steroid dienone is 32. The van der Waals surface area contributed by atoms with Gasteiger partial charge in [0.05, 0.1) is 13.2 Å². The van der Waals surface area contributed by atoms with Crippen LogP contribution < -0.4 is 5.73 Å². The van der Waals surface area contributed by atoms with Gasteiger partial charge in [0.15, 0.2) is 6.10 Å². The third kappa shape index (κ3) is 69.8. The second-order valence-electron chi connectivity index (χ2n) is 21.6. The maximum Gasteiger partial charge on any atom is 0.472 e. The SMILES string of the molecule is CC/C=C\C/C=C\C/C=C\C/C=C\C/C=C\C/C=C\C/C=C\C/C=C\C/C=C\CCCCCCCCCCCCCCCC(=O)OC(COC(=O)CCCCC/C=C\C/C=C\C/C=C\C/C=C\C/C=C\C/C=C\C/C=C\CC)COP(=O)(O)OCCN. The lowest BCUT2D eigenvalue weighted by molar-refractivity contribution is -0.161. The van der Waals surface area contributed by atoms with Crippen LogP contribution in [0.1, 0.15) is 245 Å². The summed E-state index contributed by atoms with van der Waals surface area (Å²) in [4.78, 5) is 35.3. The van der Waals surface area contributed by atoms with E-state index < -0.39 is 32.5 Å².